The summed E-state index contributed by atoms with van der Waals surface area (Å²) in [5, 5.41) is 5.45. The van der Waals surface area contributed by atoms with Crippen molar-refractivity contribution >= 4 is 39.0 Å². The molecule has 0 bridgehead atoms. The van der Waals surface area contributed by atoms with Crippen molar-refractivity contribution in [3.05, 3.63) is 53.0 Å². The van der Waals surface area contributed by atoms with Gasteiger partial charge >= 0.3 is 6.03 Å². The van der Waals surface area contributed by atoms with Crippen molar-refractivity contribution < 1.29 is 4.79 Å². The van der Waals surface area contributed by atoms with E-state index in [2.05, 4.69) is 26.6 Å². The normalized spacial score (nSPS) is 9.83. The Bertz CT molecular complexity index is 557. The minimum atomic E-state index is -0.294. The molecule has 0 aliphatic rings. The van der Waals surface area contributed by atoms with Crippen LogP contribution in [-0.2, 0) is 0 Å². The van der Waals surface area contributed by atoms with Crippen LogP contribution < -0.4 is 16.4 Å². The lowest BCUT2D eigenvalue weighted by Crippen LogP contribution is -2.19. The van der Waals surface area contributed by atoms with E-state index < -0.39 is 0 Å². The van der Waals surface area contributed by atoms with Gasteiger partial charge in [-0.15, -0.1) is 0 Å². The average molecular weight is 306 g/mol. The maximum absolute atomic E-state index is 11.7. The van der Waals surface area contributed by atoms with Crippen LogP contribution in [0.15, 0.2) is 53.0 Å². The highest BCUT2D eigenvalue weighted by molar-refractivity contribution is 9.10. The number of nitrogen functional groups attached to an aromatic ring is 1. The number of amides is 2. The van der Waals surface area contributed by atoms with Gasteiger partial charge in [0.05, 0.1) is 0 Å². The van der Waals surface area contributed by atoms with Gasteiger partial charge in [0, 0.05) is 21.5 Å². The summed E-state index contributed by atoms with van der Waals surface area (Å²) in [6, 6.07) is 14.2. The second kappa shape index (κ2) is 5.55. The third-order valence-electron chi connectivity index (χ3n) is 2.29. The van der Waals surface area contributed by atoms with E-state index in [4.69, 9.17) is 5.73 Å². The Balaban J connectivity index is 2.01. The first-order chi connectivity index (χ1) is 8.65. The van der Waals surface area contributed by atoms with E-state index in [1.165, 1.54) is 0 Å². The van der Waals surface area contributed by atoms with E-state index in [0.29, 0.717) is 11.4 Å². The fraction of sp³-hybridized carbons (Fsp3) is 0. The van der Waals surface area contributed by atoms with Gasteiger partial charge < -0.3 is 16.4 Å². The first-order valence-corrected chi connectivity index (χ1v) is 6.12. The van der Waals surface area contributed by atoms with E-state index >= 15 is 0 Å². The summed E-state index contributed by atoms with van der Waals surface area (Å²) in [4.78, 5) is 11.7. The van der Waals surface area contributed by atoms with Crippen molar-refractivity contribution in [2.45, 2.75) is 0 Å². The molecule has 5 heteroatoms. The number of carbonyl (C=O) groups is 1. The molecular weight excluding hydrogens is 294 g/mol. The molecule has 2 amide bonds. The Morgan fingerprint density at radius 1 is 1.00 bits per heavy atom. The smallest absolute Gasteiger partial charge is 0.323 e. The lowest BCUT2D eigenvalue weighted by molar-refractivity contribution is 0.262. The SMILES string of the molecule is Nc1ccc(NC(=O)Nc2ccccc2)cc1Br. The summed E-state index contributed by atoms with van der Waals surface area (Å²) < 4.78 is 0.750. The van der Waals surface area contributed by atoms with Crippen LogP contribution in [0, 0.1) is 0 Å². The molecule has 0 saturated carbocycles. The van der Waals surface area contributed by atoms with Crippen LogP contribution in [0.3, 0.4) is 0 Å². The summed E-state index contributed by atoms with van der Waals surface area (Å²) in [7, 11) is 0. The molecule has 4 nitrogen and oxygen atoms in total. The van der Waals surface area contributed by atoms with Crippen molar-refractivity contribution in [3.8, 4) is 0 Å². The number of urea groups is 1. The van der Waals surface area contributed by atoms with E-state index in [0.717, 1.165) is 10.2 Å². The first kappa shape index (κ1) is 12.4. The van der Waals surface area contributed by atoms with Crippen LogP contribution in [-0.4, -0.2) is 6.03 Å². The molecule has 4 N–H and O–H groups in total. The largest absolute Gasteiger partial charge is 0.398 e. The molecule has 0 atom stereocenters. The number of hydrogen-bond donors (Lipinski definition) is 3. The van der Waals surface area contributed by atoms with E-state index in [-0.39, 0.29) is 6.03 Å². The molecule has 92 valence electrons. The van der Waals surface area contributed by atoms with Crippen LogP contribution >= 0.6 is 15.9 Å². The number of halogens is 1. The monoisotopic (exact) mass is 305 g/mol. The molecule has 2 aromatic rings. The summed E-state index contributed by atoms with van der Waals surface area (Å²) in [6.45, 7) is 0. The highest BCUT2D eigenvalue weighted by Gasteiger charge is 2.03. The quantitative estimate of drug-likeness (QED) is 0.741. The van der Waals surface area contributed by atoms with Gasteiger partial charge in [0.25, 0.3) is 0 Å². The van der Waals surface area contributed by atoms with E-state index in [1.807, 2.05) is 30.3 Å². The molecular formula is C13H12BrN3O. The minimum absolute atomic E-state index is 0.294. The molecule has 18 heavy (non-hydrogen) atoms. The Hall–Kier alpha value is -2.01. The maximum atomic E-state index is 11.7. The van der Waals surface area contributed by atoms with Crippen LogP contribution in [0.25, 0.3) is 0 Å². The second-order valence-corrected chi connectivity index (χ2v) is 4.54. The van der Waals surface area contributed by atoms with Gasteiger partial charge in [-0.2, -0.15) is 0 Å². The molecule has 0 fully saturated rings. The topological polar surface area (TPSA) is 67.1 Å². The third-order valence-corrected chi connectivity index (χ3v) is 2.98. The van der Waals surface area contributed by atoms with Gasteiger partial charge in [-0.05, 0) is 46.3 Å². The molecule has 0 unspecified atom stereocenters. The molecule has 0 radical (unpaired) electrons. The summed E-state index contributed by atoms with van der Waals surface area (Å²) >= 11 is 3.31. The predicted octanol–water partition coefficient (Wildman–Crippen LogP) is 3.68. The van der Waals surface area contributed by atoms with Crippen molar-refractivity contribution in [1.29, 1.82) is 0 Å². The molecule has 0 aliphatic carbocycles. The van der Waals surface area contributed by atoms with E-state index in [1.54, 1.807) is 18.2 Å². The summed E-state index contributed by atoms with van der Waals surface area (Å²) in [5.74, 6) is 0. The Labute approximate surface area is 113 Å². The standard InChI is InChI=1S/C13H12BrN3O/c14-11-8-10(6-7-12(11)15)17-13(18)16-9-4-2-1-3-5-9/h1-8H,15H2,(H2,16,17,18). The van der Waals surface area contributed by atoms with Crippen LogP contribution in [0.2, 0.25) is 0 Å². The number of nitrogens with one attached hydrogen (secondary N) is 2. The van der Waals surface area contributed by atoms with Gasteiger partial charge in [-0.3, -0.25) is 0 Å². The number of carbonyl (C=O) groups excluding carboxylic acids is 1. The zero-order valence-electron chi connectivity index (χ0n) is 9.48. The minimum Gasteiger partial charge on any atom is -0.398 e. The van der Waals surface area contributed by atoms with Crippen molar-refractivity contribution in [1.82, 2.24) is 0 Å². The molecule has 0 spiro atoms. The highest BCUT2D eigenvalue weighted by atomic mass is 79.9. The predicted molar refractivity (Wildman–Crippen MR) is 77.6 cm³/mol. The number of anilines is 3. The Morgan fingerprint density at radius 3 is 2.33 bits per heavy atom. The molecule has 0 aromatic heterocycles. The molecule has 2 rings (SSSR count). The third kappa shape index (κ3) is 3.24. The van der Waals surface area contributed by atoms with Gasteiger partial charge in [0.15, 0.2) is 0 Å². The number of hydrogen-bond acceptors (Lipinski definition) is 2. The second-order valence-electron chi connectivity index (χ2n) is 3.68. The van der Waals surface area contributed by atoms with Crippen LogP contribution in [0.1, 0.15) is 0 Å². The fourth-order valence-corrected chi connectivity index (χ4v) is 1.80. The Morgan fingerprint density at radius 2 is 1.67 bits per heavy atom. The fourth-order valence-electron chi connectivity index (χ4n) is 1.42. The number of para-hydroxylation sites is 1. The van der Waals surface area contributed by atoms with Crippen LogP contribution in [0.5, 0.6) is 0 Å². The van der Waals surface area contributed by atoms with Gasteiger partial charge in [-0.25, -0.2) is 4.79 Å². The average Bonchev–Trinajstić information content (AvgIpc) is 2.35. The van der Waals surface area contributed by atoms with Gasteiger partial charge in [-0.1, -0.05) is 18.2 Å². The molecule has 0 saturated heterocycles. The molecule has 0 heterocycles. The zero-order valence-corrected chi connectivity index (χ0v) is 11.1. The summed E-state index contributed by atoms with van der Waals surface area (Å²) in [5.41, 5.74) is 7.71. The van der Waals surface area contributed by atoms with Crippen molar-refractivity contribution in [2.24, 2.45) is 0 Å². The number of nitrogens with two attached hydrogens (primary N) is 1. The lowest BCUT2D eigenvalue weighted by atomic mass is 10.3. The molecule has 2 aromatic carbocycles. The zero-order chi connectivity index (χ0) is 13.0. The van der Waals surface area contributed by atoms with Crippen LogP contribution in [0.4, 0.5) is 21.9 Å². The van der Waals surface area contributed by atoms with Crippen molar-refractivity contribution in [2.75, 3.05) is 16.4 Å². The Kier molecular flexibility index (Phi) is 3.84. The van der Waals surface area contributed by atoms with Gasteiger partial charge in [0.1, 0.15) is 0 Å². The lowest BCUT2D eigenvalue weighted by Gasteiger charge is -2.08. The molecule has 0 aliphatic heterocycles. The first-order valence-electron chi connectivity index (χ1n) is 5.33. The number of rotatable bonds is 2. The number of benzene rings is 2. The maximum Gasteiger partial charge on any atom is 0.323 e. The van der Waals surface area contributed by atoms with Crippen molar-refractivity contribution in [3.63, 3.8) is 0 Å². The highest BCUT2D eigenvalue weighted by Crippen LogP contribution is 2.23. The van der Waals surface area contributed by atoms with E-state index in [9.17, 15) is 4.79 Å². The van der Waals surface area contributed by atoms with Gasteiger partial charge in [0.2, 0.25) is 0 Å². The summed E-state index contributed by atoms with van der Waals surface area (Å²) in [6.07, 6.45) is 0.